The van der Waals surface area contributed by atoms with Gasteiger partial charge in [-0.3, -0.25) is 9.36 Å². The number of carbonyl (C=O) groups is 1. The van der Waals surface area contributed by atoms with E-state index in [1.54, 1.807) is 24.3 Å². The molecule has 2 aromatic carbocycles. The van der Waals surface area contributed by atoms with E-state index in [1.807, 2.05) is 6.92 Å². The molecule has 0 aliphatic heterocycles. The molecular weight excluding hydrogens is 389 g/mol. The fourth-order valence-corrected chi connectivity index (χ4v) is 3.52. The maximum atomic E-state index is 13.8. The Bertz CT molecular complexity index is 1200. The van der Waals surface area contributed by atoms with E-state index >= 15 is 0 Å². The lowest BCUT2D eigenvalue weighted by Crippen LogP contribution is -2.29. The molecule has 3 aromatic rings. The van der Waals surface area contributed by atoms with E-state index in [4.69, 9.17) is 4.74 Å². The first-order chi connectivity index (χ1) is 14.4. The van der Waals surface area contributed by atoms with E-state index in [0.717, 1.165) is 5.56 Å². The number of aryl methyl sites for hydroxylation is 1. The van der Waals surface area contributed by atoms with Gasteiger partial charge in [-0.2, -0.15) is 0 Å². The molecule has 0 amide bonds. The normalized spacial score (nSPS) is 14.2. The molecule has 1 heterocycles. The number of phenols is 1. The number of nitrogens with zero attached hydrogens (tertiary/aromatic N) is 2. The number of benzene rings is 2. The predicted octanol–water partition coefficient (Wildman–Crippen LogP) is 3.27. The number of esters is 1. The van der Waals surface area contributed by atoms with Gasteiger partial charge in [0.25, 0.3) is 5.56 Å². The van der Waals surface area contributed by atoms with Crippen LogP contribution in [-0.2, 0) is 10.3 Å². The zero-order valence-electron chi connectivity index (χ0n) is 16.5. The topological polar surface area (TPSA) is 93.5 Å². The maximum absolute atomic E-state index is 13.8. The summed E-state index contributed by atoms with van der Waals surface area (Å²) in [5.74, 6) is -1.58. The summed E-state index contributed by atoms with van der Waals surface area (Å²) < 4.78 is 20.0. The number of ether oxygens (including phenoxy) is 1. The van der Waals surface area contributed by atoms with E-state index in [1.165, 1.54) is 36.2 Å². The van der Waals surface area contributed by atoms with Crippen LogP contribution in [0.15, 0.2) is 53.6 Å². The Labute approximate surface area is 171 Å². The second kappa shape index (κ2) is 7.29. The van der Waals surface area contributed by atoms with Crippen molar-refractivity contribution in [2.45, 2.75) is 25.3 Å². The average Bonchev–Trinajstić information content (AvgIpc) is 3.52. The molecule has 1 fully saturated rings. The summed E-state index contributed by atoms with van der Waals surface area (Å²) in [7, 11) is 1.29. The number of nitrogens with one attached hydrogen (secondary N) is 1. The lowest BCUT2D eigenvalue weighted by atomic mass is 10.0. The first kappa shape index (κ1) is 19.6. The Morgan fingerprint density at radius 2 is 2.07 bits per heavy atom. The van der Waals surface area contributed by atoms with Gasteiger partial charge >= 0.3 is 5.97 Å². The second-order valence-corrected chi connectivity index (χ2v) is 7.29. The summed E-state index contributed by atoms with van der Waals surface area (Å²) in [6, 6.07) is 9.27. The van der Waals surface area contributed by atoms with Crippen molar-refractivity contribution in [3.63, 3.8) is 0 Å². The van der Waals surface area contributed by atoms with Crippen molar-refractivity contribution < 1.29 is 19.0 Å². The summed E-state index contributed by atoms with van der Waals surface area (Å²) >= 11 is 0. The van der Waals surface area contributed by atoms with E-state index in [2.05, 4.69) is 10.3 Å². The summed E-state index contributed by atoms with van der Waals surface area (Å²) in [5.41, 5.74) is 0.838. The van der Waals surface area contributed by atoms with Crippen LogP contribution in [0.5, 0.6) is 5.75 Å². The highest BCUT2D eigenvalue weighted by Gasteiger charge is 2.47. The van der Waals surface area contributed by atoms with Crippen molar-refractivity contribution in [3.05, 3.63) is 81.7 Å². The minimum Gasteiger partial charge on any atom is -0.505 e. The molecule has 1 aliphatic rings. The van der Waals surface area contributed by atoms with Gasteiger partial charge in [0.2, 0.25) is 0 Å². The Balaban J connectivity index is 1.74. The van der Waals surface area contributed by atoms with Crippen molar-refractivity contribution in [1.82, 2.24) is 9.55 Å². The van der Waals surface area contributed by atoms with Gasteiger partial charge in [-0.15, -0.1) is 0 Å². The van der Waals surface area contributed by atoms with Crippen LogP contribution in [0.3, 0.4) is 0 Å². The number of rotatable bonds is 5. The highest BCUT2D eigenvalue weighted by atomic mass is 19.1. The zero-order chi connectivity index (χ0) is 21.5. The van der Waals surface area contributed by atoms with E-state index in [0.29, 0.717) is 29.7 Å². The van der Waals surface area contributed by atoms with Gasteiger partial charge in [0.15, 0.2) is 17.4 Å². The van der Waals surface area contributed by atoms with E-state index in [-0.39, 0.29) is 5.82 Å². The first-order valence-corrected chi connectivity index (χ1v) is 9.39. The molecule has 1 aliphatic carbocycles. The number of hydrogen-bond acceptors (Lipinski definition) is 6. The zero-order valence-corrected chi connectivity index (χ0v) is 16.5. The largest absolute Gasteiger partial charge is 0.505 e. The number of hydrogen-bond donors (Lipinski definition) is 2. The highest BCUT2D eigenvalue weighted by Crippen LogP contribution is 2.51. The Morgan fingerprint density at radius 1 is 1.30 bits per heavy atom. The van der Waals surface area contributed by atoms with Gasteiger partial charge in [-0.1, -0.05) is 18.2 Å². The molecule has 1 aromatic heterocycles. The summed E-state index contributed by atoms with van der Waals surface area (Å²) in [6.45, 7) is 1.82. The molecule has 4 rings (SSSR count). The number of carbonyl (C=O) groups excluding carboxylic acids is 1. The highest BCUT2D eigenvalue weighted by molar-refractivity contribution is 5.90. The maximum Gasteiger partial charge on any atom is 0.337 e. The first-order valence-electron chi connectivity index (χ1n) is 9.39. The number of para-hydroxylation sites is 1. The van der Waals surface area contributed by atoms with Crippen LogP contribution in [0.25, 0.3) is 5.69 Å². The minimum absolute atomic E-state index is 0.0709. The molecule has 154 valence electrons. The Kier molecular flexibility index (Phi) is 4.77. The third-order valence-corrected chi connectivity index (χ3v) is 5.34. The number of aromatic hydroxyl groups is 1. The van der Waals surface area contributed by atoms with Crippen LogP contribution in [-0.4, -0.2) is 27.7 Å². The second-order valence-electron chi connectivity index (χ2n) is 7.29. The van der Waals surface area contributed by atoms with Gasteiger partial charge in [-0.25, -0.2) is 14.2 Å². The molecule has 0 radical (unpaired) electrons. The Morgan fingerprint density at radius 3 is 2.77 bits per heavy atom. The van der Waals surface area contributed by atoms with E-state index in [9.17, 15) is 19.1 Å². The van der Waals surface area contributed by atoms with Crippen LogP contribution < -0.4 is 10.9 Å². The van der Waals surface area contributed by atoms with Gasteiger partial charge in [-0.05, 0) is 43.5 Å². The van der Waals surface area contributed by atoms with Gasteiger partial charge in [0.05, 0.1) is 23.9 Å². The number of aromatic nitrogens is 2. The lowest BCUT2D eigenvalue weighted by Gasteiger charge is -2.20. The lowest BCUT2D eigenvalue weighted by molar-refractivity contribution is 0.0600. The van der Waals surface area contributed by atoms with Crippen molar-refractivity contribution in [3.8, 4) is 11.4 Å². The van der Waals surface area contributed by atoms with Gasteiger partial charge in [0, 0.05) is 18.0 Å². The van der Waals surface area contributed by atoms with Gasteiger partial charge in [0.1, 0.15) is 0 Å². The molecule has 0 saturated heterocycles. The molecule has 0 atom stereocenters. The van der Waals surface area contributed by atoms with E-state index < -0.39 is 28.6 Å². The van der Waals surface area contributed by atoms with Crippen molar-refractivity contribution >= 4 is 11.8 Å². The molecule has 0 unspecified atom stereocenters. The predicted molar refractivity (Wildman–Crippen MR) is 109 cm³/mol. The summed E-state index contributed by atoms with van der Waals surface area (Å²) in [5, 5.41) is 13.2. The molecule has 0 spiro atoms. The molecule has 30 heavy (non-hydrogen) atoms. The van der Waals surface area contributed by atoms with Crippen molar-refractivity contribution in [1.29, 1.82) is 0 Å². The van der Waals surface area contributed by atoms with Crippen LogP contribution in [0.2, 0.25) is 0 Å². The number of methoxy groups -OCH3 is 1. The molecule has 2 N–H and O–H groups in total. The molecule has 8 heteroatoms. The average molecular weight is 409 g/mol. The number of halogens is 1. The Hall–Kier alpha value is -3.68. The van der Waals surface area contributed by atoms with Crippen molar-refractivity contribution in [2.75, 3.05) is 12.4 Å². The number of phenolic OH excluding ortho intramolecular Hbond substituents is 1. The fraction of sp³-hybridized carbons (Fsp3) is 0.227. The summed E-state index contributed by atoms with van der Waals surface area (Å²) in [4.78, 5) is 29.2. The summed E-state index contributed by atoms with van der Waals surface area (Å²) in [6.07, 6.45) is 4.22. The molecule has 7 nitrogen and oxygen atoms in total. The van der Waals surface area contributed by atoms with Crippen LogP contribution in [0, 0.1) is 12.7 Å². The molecule has 1 saturated carbocycles. The van der Waals surface area contributed by atoms with Crippen molar-refractivity contribution in [2.24, 2.45) is 0 Å². The minimum atomic E-state index is -0.750. The quantitative estimate of drug-likeness (QED) is 0.629. The SMILES string of the molecule is COC(=O)c1ccc(C)c(-n2ccnc(NC3(c4cccc(F)c4O)CC3)c2=O)c1. The number of anilines is 1. The molecule has 0 bridgehead atoms. The fourth-order valence-electron chi connectivity index (χ4n) is 3.52. The third-order valence-electron chi connectivity index (χ3n) is 5.34. The van der Waals surface area contributed by atoms with Crippen LogP contribution in [0.4, 0.5) is 10.2 Å². The molecular formula is C22H20FN3O4. The van der Waals surface area contributed by atoms with Gasteiger partial charge < -0.3 is 15.2 Å². The van der Waals surface area contributed by atoms with Crippen LogP contribution >= 0.6 is 0 Å². The smallest absolute Gasteiger partial charge is 0.337 e. The third kappa shape index (κ3) is 3.30. The standard InChI is InChI=1S/C22H20FN3O4/c1-13-6-7-14(21(29)30-2)12-17(13)26-11-10-24-19(20(26)28)25-22(8-9-22)15-4-3-5-16(23)18(15)27/h3-7,10-12,27H,8-9H2,1-2H3,(H,24,25). The monoisotopic (exact) mass is 409 g/mol. The van der Waals surface area contributed by atoms with Crippen LogP contribution in [0.1, 0.15) is 34.3 Å².